The second-order valence-corrected chi connectivity index (χ2v) is 6.12. The fourth-order valence-corrected chi connectivity index (χ4v) is 3.69. The third-order valence-electron chi connectivity index (χ3n) is 5.02. The van der Waals surface area contributed by atoms with Crippen molar-refractivity contribution < 1.29 is 9.47 Å². The Morgan fingerprint density at radius 1 is 1.05 bits per heavy atom. The molecule has 1 aliphatic carbocycles. The number of fused-ring (bicyclic) bond motifs is 2. The maximum Gasteiger partial charge on any atom is 0.231 e. The summed E-state index contributed by atoms with van der Waals surface area (Å²) in [6, 6.07) is 15.7. The Bertz CT molecular complexity index is 698. The van der Waals surface area contributed by atoms with Crippen molar-refractivity contribution >= 4 is 0 Å². The van der Waals surface area contributed by atoms with Gasteiger partial charge in [-0.3, -0.25) is 4.90 Å². The van der Waals surface area contributed by atoms with E-state index >= 15 is 0 Å². The summed E-state index contributed by atoms with van der Waals surface area (Å²) in [5.74, 6) is 2.17. The molecule has 0 unspecified atom stereocenters. The van der Waals surface area contributed by atoms with Crippen molar-refractivity contribution in [1.82, 2.24) is 4.90 Å². The first-order valence-corrected chi connectivity index (χ1v) is 7.96. The van der Waals surface area contributed by atoms with Crippen LogP contribution in [0.3, 0.4) is 0 Å². The van der Waals surface area contributed by atoms with E-state index in [0.717, 1.165) is 24.5 Å². The highest BCUT2D eigenvalue weighted by molar-refractivity contribution is 5.50. The average Bonchev–Trinajstić information content (AvgIpc) is 3.17. The van der Waals surface area contributed by atoms with E-state index in [1.807, 2.05) is 6.07 Å². The average molecular weight is 295 g/mol. The highest BCUT2D eigenvalue weighted by Crippen LogP contribution is 2.47. The summed E-state index contributed by atoms with van der Waals surface area (Å²) in [4.78, 5) is 2.44. The zero-order valence-corrected chi connectivity index (χ0v) is 13.1. The van der Waals surface area contributed by atoms with Crippen molar-refractivity contribution in [3.63, 3.8) is 0 Å². The van der Waals surface area contributed by atoms with Gasteiger partial charge in [-0.05, 0) is 48.8 Å². The first kappa shape index (κ1) is 13.6. The Hall–Kier alpha value is -2.00. The number of hydrogen-bond donors (Lipinski definition) is 0. The molecule has 0 saturated carbocycles. The van der Waals surface area contributed by atoms with E-state index in [1.165, 1.54) is 16.7 Å². The summed E-state index contributed by atoms with van der Waals surface area (Å²) >= 11 is 0. The van der Waals surface area contributed by atoms with Gasteiger partial charge in [0.1, 0.15) is 0 Å². The predicted molar refractivity (Wildman–Crippen MR) is 86.5 cm³/mol. The summed E-state index contributed by atoms with van der Waals surface area (Å²) in [5, 5.41) is 0. The van der Waals surface area contributed by atoms with Crippen LogP contribution in [0.2, 0.25) is 0 Å². The molecule has 0 saturated heterocycles. The van der Waals surface area contributed by atoms with Crippen molar-refractivity contribution in [3.8, 4) is 11.5 Å². The predicted octanol–water partition coefficient (Wildman–Crippen LogP) is 3.94. The van der Waals surface area contributed by atoms with E-state index in [2.05, 4.69) is 55.3 Å². The maximum atomic E-state index is 5.55. The van der Waals surface area contributed by atoms with Gasteiger partial charge in [-0.25, -0.2) is 0 Å². The summed E-state index contributed by atoms with van der Waals surface area (Å²) < 4.78 is 11.0. The zero-order chi connectivity index (χ0) is 15.1. The second-order valence-electron chi connectivity index (χ2n) is 6.12. The monoisotopic (exact) mass is 295 g/mol. The fraction of sp³-hybridized carbons (Fsp3) is 0.368. The van der Waals surface area contributed by atoms with Crippen LogP contribution in [0, 0.1) is 0 Å². The van der Waals surface area contributed by atoms with Gasteiger partial charge in [0.05, 0.1) is 0 Å². The van der Waals surface area contributed by atoms with E-state index in [-0.39, 0.29) is 0 Å². The highest BCUT2D eigenvalue weighted by Gasteiger charge is 2.34. The molecule has 0 amide bonds. The SMILES string of the molecule is CCN(C)[C@@H]1C[C@H](c2ccc3c(c2)OCO3)c2ccccc21. The number of hydrogen-bond acceptors (Lipinski definition) is 3. The zero-order valence-electron chi connectivity index (χ0n) is 13.1. The van der Waals surface area contributed by atoms with Crippen LogP contribution in [-0.4, -0.2) is 25.3 Å². The van der Waals surface area contributed by atoms with E-state index in [1.54, 1.807) is 0 Å². The lowest BCUT2D eigenvalue weighted by Gasteiger charge is -2.23. The molecule has 3 nitrogen and oxygen atoms in total. The van der Waals surface area contributed by atoms with E-state index < -0.39 is 0 Å². The van der Waals surface area contributed by atoms with E-state index in [9.17, 15) is 0 Å². The minimum Gasteiger partial charge on any atom is -0.454 e. The summed E-state index contributed by atoms with van der Waals surface area (Å²) in [5.41, 5.74) is 4.24. The molecule has 2 aromatic rings. The topological polar surface area (TPSA) is 21.7 Å². The van der Waals surface area contributed by atoms with Crippen molar-refractivity contribution in [1.29, 1.82) is 0 Å². The normalized spacial score (nSPS) is 22.1. The minimum atomic E-state index is 0.335. The molecule has 0 aromatic heterocycles. The molecule has 22 heavy (non-hydrogen) atoms. The van der Waals surface area contributed by atoms with Gasteiger partial charge in [-0.15, -0.1) is 0 Å². The third-order valence-corrected chi connectivity index (χ3v) is 5.02. The van der Waals surface area contributed by atoms with Gasteiger partial charge in [-0.1, -0.05) is 37.3 Å². The molecule has 0 N–H and O–H groups in total. The molecule has 1 aliphatic heterocycles. The van der Waals surface area contributed by atoms with E-state index in [4.69, 9.17) is 9.47 Å². The van der Waals surface area contributed by atoms with Gasteiger partial charge >= 0.3 is 0 Å². The Kier molecular flexibility index (Phi) is 3.30. The lowest BCUT2D eigenvalue weighted by atomic mass is 9.92. The first-order valence-electron chi connectivity index (χ1n) is 7.96. The van der Waals surface area contributed by atoms with Crippen LogP contribution >= 0.6 is 0 Å². The molecule has 4 rings (SSSR count). The van der Waals surface area contributed by atoms with Crippen LogP contribution in [0.15, 0.2) is 42.5 Å². The van der Waals surface area contributed by atoms with Gasteiger partial charge in [0.15, 0.2) is 11.5 Å². The Labute approximate surface area is 131 Å². The molecule has 0 spiro atoms. The van der Waals surface area contributed by atoms with Crippen LogP contribution in [0.4, 0.5) is 0 Å². The van der Waals surface area contributed by atoms with Crippen LogP contribution in [0.1, 0.15) is 42.0 Å². The molecule has 2 atom stereocenters. The number of benzene rings is 2. The molecule has 0 bridgehead atoms. The lowest BCUT2D eigenvalue weighted by Crippen LogP contribution is -2.22. The molecule has 2 aromatic carbocycles. The van der Waals surface area contributed by atoms with Crippen molar-refractivity contribution in [3.05, 3.63) is 59.2 Å². The Morgan fingerprint density at radius 3 is 2.64 bits per heavy atom. The molecule has 3 heteroatoms. The van der Waals surface area contributed by atoms with Gasteiger partial charge < -0.3 is 9.47 Å². The number of nitrogens with zero attached hydrogens (tertiary/aromatic N) is 1. The minimum absolute atomic E-state index is 0.335. The van der Waals surface area contributed by atoms with Crippen LogP contribution in [0.25, 0.3) is 0 Å². The smallest absolute Gasteiger partial charge is 0.231 e. The van der Waals surface area contributed by atoms with Crippen molar-refractivity contribution in [2.75, 3.05) is 20.4 Å². The molecule has 0 radical (unpaired) electrons. The summed E-state index contributed by atoms with van der Waals surface area (Å²) in [6.45, 7) is 3.62. The summed E-state index contributed by atoms with van der Waals surface area (Å²) in [6.07, 6.45) is 1.13. The van der Waals surface area contributed by atoms with E-state index in [0.29, 0.717) is 18.8 Å². The van der Waals surface area contributed by atoms with Gasteiger partial charge in [-0.2, -0.15) is 0 Å². The highest BCUT2D eigenvalue weighted by atomic mass is 16.7. The molecular formula is C19H21NO2. The fourth-order valence-electron chi connectivity index (χ4n) is 3.69. The largest absolute Gasteiger partial charge is 0.454 e. The third kappa shape index (κ3) is 2.08. The molecule has 0 fully saturated rings. The van der Waals surface area contributed by atoms with Crippen LogP contribution < -0.4 is 9.47 Å². The van der Waals surface area contributed by atoms with Crippen molar-refractivity contribution in [2.24, 2.45) is 0 Å². The van der Waals surface area contributed by atoms with Crippen LogP contribution in [-0.2, 0) is 0 Å². The van der Waals surface area contributed by atoms with Crippen LogP contribution in [0.5, 0.6) is 11.5 Å². The first-order chi connectivity index (χ1) is 10.8. The standard InChI is InChI=1S/C19H21NO2/c1-3-20(2)17-11-16(14-6-4-5-7-15(14)17)13-8-9-18-19(10-13)22-12-21-18/h4-10,16-17H,3,11-12H2,1-2H3/t16-,17-/m1/s1. The van der Waals surface area contributed by atoms with Gasteiger partial charge in [0.25, 0.3) is 0 Å². The summed E-state index contributed by atoms with van der Waals surface area (Å²) in [7, 11) is 2.21. The molecule has 2 aliphatic rings. The maximum absolute atomic E-state index is 5.55. The molecule has 1 heterocycles. The number of ether oxygens (including phenoxy) is 2. The van der Waals surface area contributed by atoms with Gasteiger partial charge in [0, 0.05) is 12.0 Å². The Balaban J connectivity index is 1.74. The lowest BCUT2D eigenvalue weighted by molar-refractivity contribution is 0.174. The van der Waals surface area contributed by atoms with Gasteiger partial charge in [0.2, 0.25) is 6.79 Å². The molecular weight excluding hydrogens is 274 g/mol. The quantitative estimate of drug-likeness (QED) is 0.856. The van der Waals surface area contributed by atoms with Crippen molar-refractivity contribution in [2.45, 2.75) is 25.3 Å². The molecule has 114 valence electrons. The Morgan fingerprint density at radius 2 is 1.82 bits per heavy atom. The number of rotatable bonds is 3. The second kappa shape index (κ2) is 5.33.